The smallest absolute Gasteiger partial charge is 0.329 e. The topological polar surface area (TPSA) is 82.6 Å². The summed E-state index contributed by atoms with van der Waals surface area (Å²) in [7, 11) is 0. The van der Waals surface area contributed by atoms with Gasteiger partial charge in [0.05, 0.1) is 6.21 Å². The first-order valence-electron chi connectivity index (χ1n) is 9.39. The first-order chi connectivity index (χ1) is 14.9. The summed E-state index contributed by atoms with van der Waals surface area (Å²) in [5, 5.41) is 10.1. The molecule has 0 saturated carbocycles. The van der Waals surface area contributed by atoms with Crippen LogP contribution in [0.1, 0.15) is 16.7 Å². The zero-order valence-corrected chi connectivity index (χ0v) is 17.4. The molecule has 0 aliphatic heterocycles. The predicted molar refractivity (Wildman–Crippen MR) is 120 cm³/mol. The minimum absolute atomic E-state index is 0.0924. The van der Waals surface area contributed by atoms with Crippen LogP contribution in [0, 0.1) is 12.7 Å². The highest BCUT2D eigenvalue weighted by atomic mass is 35.5. The van der Waals surface area contributed by atoms with Crippen LogP contribution in [-0.2, 0) is 16.1 Å². The maximum Gasteiger partial charge on any atom is 0.329 e. The number of carbonyl (C=O) groups is 2. The SMILES string of the molecule is Cc1ccc(Nc2ccc(Cl)cc2/C=N\NC(=O)C(=O)NCc2ccc(F)cc2)cc1. The van der Waals surface area contributed by atoms with Crippen molar-refractivity contribution in [3.63, 3.8) is 0 Å². The van der Waals surface area contributed by atoms with Crippen LogP contribution in [-0.4, -0.2) is 18.0 Å². The average molecular weight is 439 g/mol. The van der Waals surface area contributed by atoms with Gasteiger partial charge < -0.3 is 10.6 Å². The van der Waals surface area contributed by atoms with Crippen LogP contribution < -0.4 is 16.1 Å². The highest BCUT2D eigenvalue weighted by Crippen LogP contribution is 2.23. The summed E-state index contributed by atoms with van der Waals surface area (Å²) in [6.07, 6.45) is 1.40. The fourth-order valence-electron chi connectivity index (χ4n) is 2.62. The van der Waals surface area contributed by atoms with Gasteiger partial charge in [-0.1, -0.05) is 41.4 Å². The molecule has 3 aromatic rings. The molecule has 3 rings (SSSR count). The molecule has 2 amide bonds. The molecule has 0 atom stereocenters. The van der Waals surface area contributed by atoms with Gasteiger partial charge in [-0.05, 0) is 55.0 Å². The van der Waals surface area contributed by atoms with Gasteiger partial charge in [-0.25, -0.2) is 9.82 Å². The van der Waals surface area contributed by atoms with E-state index in [1.165, 1.54) is 30.5 Å². The zero-order chi connectivity index (χ0) is 22.2. The van der Waals surface area contributed by atoms with Gasteiger partial charge in [0.15, 0.2) is 0 Å². The second kappa shape index (κ2) is 10.4. The zero-order valence-electron chi connectivity index (χ0n) is 16.7. The highest BCUT2D eigenvalue weighted by Gasteiger charge is 2.12. The lowest BCUT2D eigenvalue weighted by Gasteiger charge is -2.10. The number of halogens is 2. The van der Waals surface area contributed by atoms with E-state index >= 15 is 0 Å². The predicted octanol–water partition coefficient (Wildman–Crippen LogP) is 4.30. The number of aryl methyl sites for hydroxylation is 1. The number of carbonyl (C=O) groups excluding carboxylic acids is 2. The lowest BCUT2D eigenvalue weighted by molar-refractivity contribution is -0.139. The Balaban J connectivity index is 1.59. The van der Waals surface area contributed by atoms with Crippen LogP contribution in [0.2, 0.25) is 5.02 Å². The van der Waals surface area contributed by atoms with Gasteiger partial charge in [0.1, 0.15) is 5.82 Å². The Hall–Kier alpha value is -3.71. The van der Waals surface area contributed by atoms with E-state index < -0.39 is 11.8 Å². The third-order valence-corrected chi connectivity index (χ3v) is 4.52. The lowest BCUT2D eigenvalue weighted by Crippen LogP contribution is -2.37. The summed E-state index contributed by atoms with van der Waals surface area (Å²) in [5.74, 6) is -2.15. The van der Waals surface area contributed by atoms with Gasteiger partial charge in [-0.2, -0.15) is 5.10 Å². The highest BCUT2D eigenvalue weighted by molar-refractivity contribution is 6.35. The Morgan fingerprint density at radius 3 is 2.42 bits per heavy atom. The van der Waals surface area contributed by atoms with Crippen molar-refractivity contribution < 1.29 is 14.0 Å². The molecule has 158 valence electrons. The molecule has 0 bridgehead atoms. The molecular formula is C23H20ClFN4O2. The van der Waals surface area contributed by atoms with Crippen molar-refractivity contribution in [2.24, 2.45) is 5.10 Å². The van der Waals surface area contributed by atoms with E-state index in [0.29, 0.717) is 16.1 Å². The molecule has 6 nitrogen and oxygen atoms in total. The van der Waals surface area contributed by atoms with Gasteiger partial charge in [0.25, 0.3) is 0 Å². The molecule has 0 radical (unpaired) electrons. The Kier molecular flexibility index (Phi) is 7.35. The fraction of sp³-hybridized carbons (Fsp3) is 0.0870. The van der Waals surface area contributed by atoms with Crippen molar-refractivity contribution in [1.29, 1.82) is 0 Å². The van der Waals surface area contributed by atoms with Crippen molar-refractivity contribution in [2.45, 2.75) is 13.5 Å². The molecule has 0 aliphatic rings. The van der Waals surface area contributed by atoms with Gasteiger partial charge in [0, 0.05) is 28.5 Å². The molecule has 0 fully saturated rings. The fourth-order valence-corrected chi connectivity index (χ4v) is 2.80. The van der Waals surface area contributed by atoms with Gasteiger partial charge in [-0.3, -0.25) is 9.59 Å². The number of rotatable bonds is 6. The minimum atomic E-state index is -0.923. The number of anilines is 2. The molecule has 31 heavy (non-hydrogen) atoms. The van der Waals surface area contributed by atoms with E-state index in [9.17, 15) is 14.0 Å². The quantitative estimate of drug-likeness (QED) is 0.305. The summed E-state index contributed by atoms with van der Waals surface area (Å²) in [6, 6.07) is 18.7. The number of hydrogen-bond acceptors (Lipinski definition) is 4. The average Bonchev–Trinajstić information content (AvgIpc) is 2.76. The monoisotopic (exact) mass is 438 g/mol. The normalized spacial score (nSPS) is 10.7. The Morgan fingerprint density at radius 1 is 1.00 bits per heavy atom. The molecule has 3 N–H and O–H groups in total. The molecule has 0 saturated heterocycles. The number of nitrogens with one attached hydrogen (secondary N) is 3. The van der Waals surface area contributed by atoms with E-state index in [2.05, 4.69) is 21.2 Å². The molecule has 0 unspecified atom stereocenters. The van der Waals surface area contributed by atoms with Crippen molar-refractivity contribution >= 4 is 41.0 Å². The van der Waals surface area contributed by atoms with Gasteiger partial charge in [0.2, 0.25) is 0 Å². The summed E-state index contributed by atoms with van der Waals surface area (Å²) in [4.78, 5) is 23.9. The molecule has 0 aliphatic carbocycles. The Morgan fingerprint density at radius 2 is 1.71 bits per heavy atom. The first-order valence-corrected chi connectivity index (χ1v) is 9.77. The molecular weight excluding hydrogens is 419 g/mol. The van der Waals surface area contributed by atoms with Gasteiger partial charge >= 0.3 is 11.8 Å². The maximum atomic E-state index is 12.9. The van der Waals surface area contributed by atoms with Crippen molar-refractivity contribution in [3.05, 3.63) is 94.3 Å². The van der Waals surface area contributed by atoms with E-state index in [0.717, 1.165) is 16.9 Å². The molecule has 3 aromatic carbocycles. The van der Waals surface area contributed by atoms with Crippen molar-refractivity contribution in [2.75, 3.05) is 5.32 Å². The summed E-state index contributed by atoms with van der Waals surface area (Å²) in [6.45, 7) is 2.10. The van der Waals surface area contributed by atoms with Crippen LogP contribution in [0.3, 0.4) is 0 Å². The van der Waals surface area contributed by atoms with Crippen LogP contribution >= 0.6 is 11.6 Å². The van der Waals surface area contributed by atoms with Crippen molar-refractivity contribution in [3.8, 4) is 0 Å². The molecule has 8 heteroatoms. The molecule has 0 aromatic heterocycles. The van der Waals surface area contributed by atoms with Crippen LogP contribution in [0.4, 0.5) is 15.8 Å². The molecule has 0 heterocycles. The van der Waals surface area contributed by atoms with E-state index in [1.807, 2.05) is 31.2 Å². The lowest BCUT2D eigenvalue weighted by atomic mass is 10.1. The standard InChI is InChI=1S/C23H20ClFN4O2/c1-15-2-9-20(10-3-15)28-21-11-6-18(24)12-17(21)14-27-29-23(31)22(30)26-13-16-4-7-19(25)8-5-16/h2-12,14,28H,13H2,1H3,(H,26,30)(H,29,31)/b27-14-. The van der Waals surface area contributed by atoms with E-state index in [-0.39, 0.29) is 12.4 Å². The van der Waals surface area contributed by atoms with E-state index in [4.69, 9.17) is 11.6 Å². The second-order valence-electron chi connectivity index (χ2n) is 6.73. The van der Waals surface area contributed by atoms with Crippen molar-refractivity contribution in [1.82, 2.24) is 10.7 Å². The number of benzene rings is 3. The third kappa shape index (κ3) is 6.65. The number of hydrazone groups is 1. The van der Waals surface area contributed by atoms with Gasteiger partial charge in [-0.15, -0.1) is 0 Å². The molecule has 0 spiro atoms. The minimum Gasteiger partial charge on any atom is -0.355 e. The maximum absolute atomic E-state index is 12.9. The summed E-state index contributed by atoms with van der Waals surface area (Å²) in [5.41, 5.74) is 6.22. The summed E-state index contributed by atoms with van der Waals surface area (Å²) < 4.78 is 12.9. The summed E-state index contributed by atoms with van der Waals surface area (Å²) >= 11 is 6.08. The van der Waals surface area contributed by atoms with Crippen LogP contribution in [0.5, 0.6) is 0 Å². The van der Waals surface area contributed by atoms with Crippen LogP contribution in [0.25, 0.3) is 0 Å². The number of amides is 2. The Labute approximate surface area is 184 Å². The number of nitrogens with zero attached hydrogens (tertiary/aromatic N) is 1. The third-order valence-electron chi connectivity index (χ3n) is 4.29. The first kappa shape index (κ1) is 22.0. The van der Waals surface area contributed by atoms with E-state index in [1.54, 1.807) is 18.2 Å². The largest absolute Gasteiger partial charge is 0.355 e. The number of hydrogen-bond donors (Lipinski definition) is 3. The van der Waals surface area contributed by atoms with Crippen LogP contribution in [0.15, 0.2) is 71.8 Å². The second-order valence-corrected chi connectivity index (χ2v) is 7.17. The Bertz CT molecular complexity index is 1100.